The number of methoxy groups -OCH3 is 1. The highest BCUT2D eigenvalue weighted by Gasteiger charge is 2.16. The number of aryl methyl sites for hydroxylation is 1. The second kappa shape index (κ2) is 9.54. The first-order valence-electron chi connectivity index (χ1n) is 9.44. The number of nitrogens with two attached hydrogens (primary N) is 1. The molecule has 158 valence electrons. The minimum Gasteiger partial charge on any atom is -0.465 e. The van der Waals surface area contributed by atoms with Crippen LogP contribution in [0.4, 0.5) is 10.2 Å². The number of anilines is 1. The Balaban J connectivity index is 1.60. The van der Waals surface area contributed by atoms with E-state index < -0.39 is 5.97 Å². The zero-order valence-electron chi connectivity index (χ0n) is 16.8. The second-order valence-corrected chi connectivity index (χ2v) is 6.64. The highest BCUT2D eigenvalue weighted by atomic mass is 19.1. The van der Waals surface area contributed by atoms with Crippen LogP contribution in [0.15, 0.2) is 48.5 Å². The molecule has 0 radical (unpaired) electrons. The van der Waals surface area contributed by atoms with E-state index in [-0.39, 0.29) is 23.1 Å². The number of carbonyl (C=O) groups is 2. The summed E-state index contributed by atoms with van der Waals surface area (Å²) in [6.45, 7) is 0.353. The van der Waals surface area contributed by atoms with Gasteiger partial charge in [-0.05, 0) is 61.4 Å². The van der Waals surface area contributed by atoms with Crippen molar-refractivity contribution in [2.75, 3.05) is 19.4 Å². The van der Waals surface area contributed by atoms with E-state index in [0.717, 1.165) is 0 Å². The van der Waals surface area contributed by atoms with E-state index >= 15 is 0 Å². The maximum Gasteiger partial charge on any atom is 0.337 e. The van der Waals surface area contributed by atoms with Crippen LogP contribution in [0.25, 0.3) is 5.69 Å². The predicted octanol–water partition coefficient (Wildman–Crippen LogP) is 2.61. The molecule has 0 spiro atoms. The molecule has 0 aliphatic carbocycles. The molecular formula is C22H20FN5O3. The first kappa shape index (κ1) is 21.5. The number of rotatable bonds is 7. The monoisotopic (exact) mass is 421 g/mol. The lowest BCUT2D eigenvalue weighted by Gasteiger charge is -2.05. The highest BCUT2D eigenvalue weighted by molar-refractivity contribution is 5.96. The van der Waals surface area contributed by atoms with E-state index in [1.807, 2.05) is 0 Å². The number of hydrogen-bond acceptors (Lipinski definition) is 6. The first-order valence-corrected chi connectivity index (χ1v) is 9.44. The van der Waals surface area contributed by atoms with Gasteiger partial charge in [-0.15, -0.1) is 0 Å². The third kappa shape index (κ3) is 4.87. The number of carbonyl (C=O) groups excluding carboxylic acids is 2. The van der Waals surface area contributed by atoms with E-state index in [1.165, 1.54) is 48.2 Å². The van der Waals surface area contributed by atoms with Crippen LogP contribution >= 0.6 is 0 Å². The lowest BCUT2D eigenvalue weighted by molar-refractivity contribution is 0.0600. The molecule has 3 rings (SSSR count). The molecule has 0 saturated carbocycles. The van der Waals surface area contributed by atoms with E-state index in [0.29, 0.717) is 41.9 Å². The summed E-state index contributed by atoms with van der Waals surface area (Å²) < 4.78 is 19.2. The predicted molar refractivity (Wildman–Crippen MR) is 111 cm³/mol. The van der Waals surface area contributed by atoms with Gasteiger partial charge in [-0.1, -0.05) is 0 Å². The Bertz CT molecular complexity index is 1130. The van der Waals surface area contributed by atoms with Gasteiger partial charge in [0.2, 0.25) is 0 Å². The number of benzene rings is 2. The highest BCUT2D eigenvalue weighted by Crippen LogP contribution is 2.21. The van der Waals surface area contributed by atoms with Gasteiger partial charge in [-0.25, -0.2) is 13.9 Å². The average Bonchev–Trinajstić information content (AvgIpc) is 3.11. The number of nitrogen functional groups attached to an aromatic ring is 1. The van der Waals surface area contributed by atoms with Crippen molar-refractivity contribution in [1.82, 2.24) is 15.1 Å². The van der Waals surface area contributed by atoms with Gasteiger partial charge in [0.25, 0.3) is 5.91 Å². The van der Waals surface area contributed by atoms with Crippen molar-refractivity contribution in [1.29, 1.82) is 5.26 Å². The summed E-state index contributed by atoms with van der Waals surface area (Å²) in [7, 11) is 1.29. The van der Waals surface area contributed by atoms with E-state index in [9.17, 15) is 19.2 Å². The Kier molecular flexibility index (Phi) is 6.62. The summed E-state index contributed by atoms with van der Waals surface area (Å²) in [4.78, 5) is 23.7. The molecular weight excluding hydrogens is 401 g/mol. The van der Waals surface area contributed by atoms with Gasteiger partial charge in [-0.3, -0.25) is 4.79 Å². The Morgan fingerprint density at radius 1 is 1.16 bits per heavy atom. The lowest BCUT2D eigenvalue weighted by Crippen LogP contribution is -2.24. The smallest absolute Gasteiger partial charge is 0.337 e. The topological polar surface area (TPSA) is 123 Å². The fourth-order valence-electron chi connectivity index (χ4n) is 2.99. The summed E-state index contributed by atoms with van der Waals surface area (Å²) in [6, 6.07) is 13.8. The Labute approximate surface area is 178 Å². The van der Waals surface area contributed by atoms with Gasteiger partial charge < -0.3 is 15.8 Å². The fraction of sp³-hybridized carbons (Fsp3) is 0.182. The van der Waals surface area contributed by atoms with Crippen molar-refractivity contribution >= 4 is 17.7 Å². The summed E-state index contributed by atoms with van der Waals surface area (Å²) in [6.07, 6.45) is 0.948. The number of nitriles is 1. The minimum atomic E-state index is -0.473. The number of nitrogens with zero attached hydrogens (tertiary/aromatic N) is 3. The van der Waals surface area contributed by atoms with E-state index in [1.54, 1.807) is 12.1 Å². The fourth-order valence-corrected chi connectivity index (χ4v) is 2.99. The molecule has 1 heterocycles. The molecule has 0 aliphatic rings. The quantitative estimate of drug-likeness (QED) is 0.447. The van der Waals surface area contributed by atoms with Crippen molar-refractivity contribution < 1.29 is 18.7 Å². The largest absolute Gasteiger partial charge is 0.465 e. The SMILES string of the molecule is COC(=O)c1ccc(C(=O)NCCCc2nn(-c3ccc(F)cc3)c(N)c2C#N)cc1. The molecule has 8 nitrogen and oxygen atoms in total. The lowest BCUT2D eigenvalue weighted by atomic mass is 10.1. The number of ether oxygens (including phenoxy) is 1. The molecule has 2 aromatic carbocycles. The minimum absolute atomic E-state index is 0.179. The van der Waals surface area contributed by atoms with Gasteiger partial charge >= 0.3 is 5.97 Å². The second-order valence-electron chi connectivity index (χ2n) is 6.64. The van der Waals surface area contributed by atoms with Gasteiger partial charge in [-0.2, -0.15) is 10.4 Å². The number of halogens is 1. The zero-order chi connectivity index (χ0) is 22.4. The standard InChI is InChI=1S/C22H20FN5O3/c1-31-22(30)15-6-4-14(5-7-15)21(29)26-12-2-3-19-18(13-24)20(25)28(27-19)17-10-8-16(23)9-11-17/h4-11H,2-3,12,25H2,1H3,(H,26,29). The number of aromatic nitrogens is 2. The Morgan fingerprint density at radius 3 is 2.42 bits per heavy atom. The molecule has 0 aliphatic heterocycles. The van der Waals surface area contributed by atoms with Crippen molar-refractivity contribution in [3.63, 3.8) is 0 Å². The van der Waals surface area contributed by atoms with E-state index in [4.69, 9.17) is 5.73 Å². The van der Waals surface area contributed by atoms with Crippen LogP contribution in [0.1, 0.15) is 38.4 Å². The van der Waals surface area contributed by atoms with E-state index in [2.05, 4.69) is 21.2 Å². The summed E-state index contributed by atoms with van der Waals surface area (Å²) in [5.74, 6) is -0.961. The number of nitrogens with one attached hydrogen (secondary N) is 1. The van der Waals surface area contributed by atoms with Gasteiger partial charge in [0, 0.05) is 12.1 Å². The molecule has 3 N–H and O–H groups in total. The summed E-state index contributed by atoms with van der Waals surface area (Å²) in [5, 5.41) is 16.6. The van der Waals surface area contributed by atoms with Gasteiger partial charge in [0.15, 0.2) is 0 Å². The maximum absolute atomic E-state index is 13.2. The normalized spacial score (nSPS) is 10.4. The van der Waals surface area contributed by atoms with Crippen molar-refractivity contribution in [2.24, 2.45) is 0 Å². The number of hydrogen-bond donors (Lipinski definition) is 2. The Hall–Kier alpha value is -4.19. The molecule has 0 fully saturated rings. The van der Waals surface area contributed by atoms with Crippen LogP contribution in [0.3, 0.4) is 0 Å². The maximum atomic E-state index is 13.2. The zero-order valence-corrected chi connectivity index (χ0v) is 16.8. The van der Waals surface area contributed by atoms with Crippen molar-refractivity contribution in [3.05, 3.63) is 76.7 Å². The Morgan fingerprint density at radius 2 is 1.81 bits per heavy atom. The van der Waals surface area contributed by atoms with Gasteiger partial charge in [0.05, 0.1) is 24.1 Å². The molecule has 31 heavy (non-hydrogen) atoms. The molecule has 0 saturated heterocycles. The first-order chi connectivity index (χ1) is 14.9. The third-order valence-electron chi connectivity index (χ3n) is 4.62. The average molecular weight is 421 g/mol. The van der Waals surface area contributed by atoms with Crippen LogP contribution in [0, 0.1) is 17.1 Å². The molecule has 1 aromatic heterocycles. The number of amides is 1. The van der Waals surface area contributed by atoms with Crippen molar-refractivity contribution in [2.45, 2.75) is 12.8 Å². The molecule has 0 bridgehead atoms. The van der Waals surface area contributed by atoms with Crippen LogP contribution in [0.5, 0.6) is 0 Å². The molecule has 0 unspecified atom stereocenters. The summed E-state index contributed by atoms with van der Waals surface area (Å²) >= 11 is 0. The molecule has 9 heteroatoms. The van der Waals surface area contributed by atoms with Crippen LogP contribution in [0.2, 0.25) is 0 Å². The molecule has 3 aromatic rings. The van der Waals surface area contributed by atoms with Gasteiger partial charge in [0.1, 0.15) is 23.3 Å². The molecule has 1 amide bonds. The summed E-state index contributed by atoms with van der Waals surface area (Å²) in [5.41, 5.74) is 8.12. The van der Waals surface area contributed by atoms with Crippen LogP contribution in [-0.4, -0.2) is 35.3 Å². The number of esters is 1. The van der Waals surface area contributed by atoms with Crippen molar-refractivity contribution in [3.8, 4) is 11.8 Å². The molecule has 0 atom stereocenters. The van der Waals surface area contributed by atoms with Crippen LogP contribution < -0.4 is 11.1 Å². The third-order valence-corrected chi connectivity index (χ3v) is 4.62. The van der Waals surface area contributed by atoms with Crippen LogP contribution in [-0.2, 0) is 11.2 Å².